The smallest absolute Gasteiger partial charge is 0.390 e. The Balaban J connectivity index is 0.000000837. The molecule has 0 aliphatic rings. The van der Waals surface area contributed by atoms with E-state index in [1.807, 2.05) is 24.3 Å². The van der Waals surface area contributed by atoms with Gasteiger partial charge in [-0.05, 0) is 35.9 Å². The molecule has 3 aromatic carbocycles. The highest BCUT2D eigenvalue weighted by molar-refractivity contribution is 9.10. The van der Waals surface area contributed by atoms with Crippen molar-refractivity contribution in [2.24, 2.45) is 5.16 Å². The van der Waals surface area contributed by atoms with Crippen LogP contribution in [0.2, 0.25) is 5.02 Å². The number of nitrogens with zero attached hydrogens (tertiary/aromatic N) is 1. The van der Waals surface area contributed by atoms with Crippen LogP contribution in [-0.4, -0.2) is 14.1 Å². The average Bonchev–Trinajstić information content (AvgIpc) is 2.72. The highest BCUT2D eigenvalue weighted by Crippen LogP contribution is 2.34. The number of nitrogens with one attached hydrogen (secondary N) is 1. The first-order valence-electron chi connectivity index (χ1n) is 8.75. The Morgan fingerprint density at radius 1 is 1.03 bits per heavy atom. The van der Waals surface area contributed by atoms with Crippen molar-refractivity contribution in [1.29, 1.82) is 4.78 Å². The van der Waals surface area contributed by atoms with Crippen molar-refractivity contribution >= 4 is 43.7 Å². The topological polar surface area (TPSA) is 79.6 Å². The molecule has 32 heavy (non-hydrogen) atoms. The first-order valence-corrected chi connectivity index (χ1v) is 11.0. The van der Waals surface area contributed by atoms with Gasteiger partial charge in [0.15, 0.2) is 0 Å². The summed E-state index contributed by atoms with van der Waals surface area (Å²) >= 11 is 9.32. The summed E-state index contributed by atoms with van der Waals surface area (Å²) in [5, 5.41) is 4.22. The predicted octanol–water partition coefficient (Wildman–Crippen LogP) is 6.72. The van der Waals surface area contributed by atoms with E-state index in [-0.39, 0.29) is 22.9 Å². The number of halogens is 5. The monoisotopic (exact) mass is 546 g/mol. The van der Waals surface area contributed by atoms with Crippen LogP contribution in [0, 0.1) is 4.78 Å². The minimum atomic E-state index is -4.55. The van der Waals surface area contributed by atoms with Crippen molar-refractivity contribution in [2.45, 2.75) is 12.8 Å². The molecule has 0 radical (unpaired) electrons. The number of oxime groups is 1. The van der Waals surface area contributed by atoms with E-state index in [0.717, 1.165) is 16.1 Å². The second-order valence-corrected chi connectivity index (χ2v) is 7.95. The Hall–Kier alpha value is -2.69. The lowest BCUT2D eigenvalue weighted by molar-refractivity contribution is -0.137. The molecule has 3 rings (SSSR count). The van der Waals surface area contributed by atoms with Gasteiger partial charge < -0.3 is 4.84 Å². The lowest BCUT2D eigenvalue weighted by Gasteiger charge is -2.15. The first-order chi connectivity index (χ1) is 15.1. The molecular weight excluding hydrogens is 533 g/mol. The summed E-state index contributed by atoms with van der Waals surface area (Å²) in [5.74, 6) is 0. The molecule has 5 nitrogen and oxygen atoms in total. The van der Waals surface area contributed by atoms with E-state index in [2.05, 4.69) is 21.1 Å². The lowest BCUT2D eigenvalue weighted by Crippen LogP contribution is -2.15. The van der Waals surface area contributed by atoms with Gasteiger partial charge in [0.05, 0.1) is 5.56 Å². The fourth-order valence-electron chi connectivity index (χ4n) is 2.56. The van der Waals surface area contributed by atoms with Crippen LogP contribution < -0.4 is 0 Å². The van der Waals surface area contributed by atoms with Crippen molar-refractivity contribution in [3.05, 3.63) is 105 Å². The zero-order valence-corrected chi connectivity index (χ0v) is 19.3. The maximum absolute atomic E-state index is 13.5. The maximum Gasteiger partial charge on any atom is 0.417 e. The molecule has 0 atom stereocenters. The zero-order valence-electron chi connectivity index (χ0n) is 16.1. The van der Waals surface area contributed by atoms with Gasteiger partial charge in [-0.15, -0.1) is 0 Å². The summed E-state index contributed by atoms with van der Waals surface area (Å²) in [7, 11) is -2.61. The molecular formula is C21H15BrClF3N2O3S. The van der Waals surface area contributed by atoms with E-state index >= 15 is 0 Å². The van der Waals surface area contributed by atoms with E-state index in [1.54, 1.807) is 30.3 Å². The Kier molecular flexibility index (Phi) is 9.42. The molecule has 0 saturated carbocycles. The number of hydrogen-bond acceptors (Lipinski definition) is 5. The molecule has 0 aliphatic carbocycles. The van der Waals surface area contributed by atoms with E-state index < -0.39 is 22.2 Å². The Morgan fingerprint density at radius 3 is 2.19 bits per heavy atom. The first kappa shape index (κ1) is 25.6. The molecule has 0 fully saturated rings. The van der Waals surface area contributed by atoms with Crippen LogP contribution >= 0.6 is 27.5 Å². The molecule has 11 heteroatoms. The molecule has 0 saturated heterocycles. The molecule has 0 unspecified atom stereocenters. The number of hydrogen-bond donors (Lipinski definition) is 1. The third-order valence-corrected chi connectivity index (χ3v) is 4.65. The number of rotatable bonds is 5. The van der Waals surface area contributed by atoms with Gasteiger partial charge in [0.25, 0.3) is 0 Å². The van der Waals surface area contributed by atoms with Crippen molar-refractivity contribution in [3.8, 4) is 0 Å². The van der Waals surface area contributed by atoms with Gasteiger partial charge in [-0.25, -0.2) is 0 Å². The quantitative estimate of drug-likeness (QED) is 0.284. The van der Waals surface area contributed by atoms with Crippen LogP contribution in [0.25, 0.3) is 0 Å². The van der Waals surface area contributed by atoms with Crippen LogP contribution in [0.4, 0.5) is 13.2 Å². The van der Waals surface area contributed by atoms with E-state index in [1.165, 1.54) is 12.1 Å². The number of alkyl halides is 3. The molecule has 3 aromatic rings. The second-order valence-electron chi connectivity index (χ2n) is 6.13. The normalized spacial score (nSPS) is 11.3. The molecule has 168 valence electrons. The summed E-state index contributed by atoms with van der Waals surface area (Å²) in [4.78, 5) is 5.40. The third-order valence-electron chi connectivity index (χ3n) is 3.89. The fourth-order valence-corrected chi connectivity index (χ4v) is 3.00. The molecule has 0 aliphatic heterocycles. The van der Waals surface area contributed by atoms with E-state index in [4.69, 9.17) is 29.6 Å². The highest BCUT2D eigenvalue weighted by atomic mass is 79.9. The maximum atomic E-state index is 13.5. The summed E-state index contributed by atoms with van der Waals surface area (Å²) in [5.41, 5.74) is 0.425. The predicted molar refractivity (Wildman–Crippen MR) is 119 cm³/mol. The minimum Gasteiger partial charge on any atom is -0.390 e. The number of benzene rings is 3. The Morgan fingerprint density at radius 2 is 1.62 bits per heavy atom. The van der Waals surface area contributed by atoms with Gasteiger partial charge in [0.1, 0.15) is 12.3 Å². The molecule has 0 spiro atoms. The van der Waals surface area contributed by atoms with Gasteiger partial charge in [-0.2, -0.15) is 26.4 Å². The summed E-state index contributed by atoms with van der Waals surface area (Å²) in [6.07, 6.45) is -4.55. The van der Waals surface area contributed by atoms with Crippen LogP contribution in [0.3, 0.4) is 0 Å². The molecule has 0 bridgehead atoms. The fraction of sp³-hybridized carbons (Fsp3) is 0.0952. The van der Waals surface area contributed by atoms with Crippen molar-refractivity contribution < 1.29 is 26.4 Å². The van der Waals surface area contributed by atoms with Crippen molar-refractivity contribution in [2.75, 3.05) is 0 Å². The Bertz CT molecular complexity index is 1180. The van der Waals surface area contributed by atoms with Crippen LogP contribution in [-0.2, 0) is 28.1 Å². The SMILES string of the molecule is FC(F)(F)c1ccc(Cl)cc1/C(=N/OCc1ccc(Br)cc1)c1ccccc1.N=S(=O)=O. The van der Waals surface area contributed by atoms with Gasteiger partial charge in [-0.1, -0.05) is 75.2 Å². The van der Waals surface area contributed by atoms with Crippen LogP contribution in [0.5, 0.6) is 0 Å². The lowest BCUT2D eigenvalue weighted by atomic mass is 9.97. The average molecular weight is 548 g/mol. The van der Waals surface area contributed by atoms with Gasteiger partial charge in [0, 0.05) is 20.6 Å². The minimum absolute atomic E-state index is 0.0625. The standard InChI is InChI=1S/C21H14BrClF3NO.HNO2S/c22-16-8-6-14(7-9-16)13-28-27-20(15-4-2-1-3-5-15)18-12-17(23)10-11-19(18)21(24,25)26;1-4(2)3/h1-12H,13H2;1H/b27-20+;. The summed E-state index contributed by atoms with van der Waals surface area (Å²) < 4.78 is 64.4. The third kappa shape index (κ3) is 8.10. The zero-order chi connectivity index (χ0) is 23.7. The van der Waals surface area contributed by atoms with Gasteiger partial charge in [-0.3, -0.25) is 0 Å². The molecule has 0 heterocycles. The largest absolute Gasteiger partial charge is 0.417 e. The van der Waals surface area contributed by atoms with Gasteiger partial charge >= 0.3 is 16.7 Å². The van der Waals surface area contributed by atoms with E-state index in [0.29, 0.717) is 5.56 Å². The van der Waals surface area contributed by atoms with Crippen molar-refractivity contribution in [1.82, 2.24) is 0 Å². The summed E-state index contributed by atoms with van der Waals surface area (Å²) in [6, 6.07) is 19.3. The molecule has 0 aromatic heterocycles. The van der Waals surface area contributed by atoms with Crippen molar-refractivity contribution in [3.63, 3.8) is 0 Å². The van der Waals surface area contributed by atoms with Crippen LogP contribution in [0.15, 0.2) is 82.4 Å². The van der Waals surface area contributed by atoms with E-state index in [9.17, 15) is 13.2 Å². The molecule has 0 amide bonds. The van der Waals surface area contributed by atoms with Crippen LogP contribution in [0.1, 0.15) is 22.3 Å². The summed E-state index contributed by atoms with van der Waals surface area (Å²) in [6.45, 7) is 0.117. The Labute approximate surface area is 197 Å². The second kappa shape index (κ2) is 11.8. The highest BCUT2D eigenvalue weighted by Gasteiger charge is 2.35. The molecule has 1 N–H and O–H groups in total. The van der Waals surface area contributed by atoms with Gasteiger partial charge in [0.2, 0.25) is 0 Å².